The van der Waals surface area contributed by atoms with Crippen LogP contribution >= 0.6 is 22.9 Å². The third-order valence-corrected chi connectivity index (χ3v) is 6.53. The number of hydrogen-bond acceptors (Lipinski definition) is 7. The van der Waals surface area contributed by atoms with E-state index in [1.165, 1.54) is 27.7 Å². The SMILES string of the molecule is COc1nn(C)c(=O)n1-c1ccccc1COc1ccc(/C(C)=N/OCc2ccc(Cl)s2)c(C)c1. The third-order valence-electron chi connectivity index (χ3n) is 5.33. The molecule has 0 N–H and O–H groups in total. The molecule has 182 valence electrons. The molecule has 35 heavy (non-hydrogen) atoms. The molecule has 0 atom stereocenters. The first kappa shape index (κ1) is 24.6. The maximum absolute atomic E-state index is 12.6. The Labute approximate surface area is 211 Å². The summed E-state index contributed by atoms with van der Waals surface area (Å²) < 4.78 is 14.7. The molecule has 0 saturated heterocycles. The van der Waals surface area contributed by atoms with Gasteiger partial charge in [0, 0.05) is 23.1 Å². The standard InChI is InChI=1S/C25H25ClN4O4S/c1-16-13-19(9-11-21(16)17(2)28-34-15-20-10-12-23(26)35-20)33-14-18-7-5-6-8-22(18)30-24(32-4)27-29(3)25(30)31/h5-13H,14-15H2,1-4H3/b28-17+. The summed E-state index contributed by atoms with van der Waals surface area (Å²) in [6, 6.07) is 17.3. The Morgan fingerprint density at radius 2 is 1.94 bits per heavy atom. The minimum atomic E-state index is -0.298. The highest BCUT2D eigenvalue weighted by Crippen LogP contribution is 2.24. The van der Waals surface area contributed by atoms with Gasteiger partial charge in [0.1, 0.15) is 12.4 Å². The van der Waals surface area contributed by atoms with Crippen LogP contribution in [0.3, 0.4) is 0 Å². The molecule has 0 amide bonds. The number of ether oxygens (including phenoxy) is 2. The number of aromatic nitrogens is 3. The average Bonchev–Trinajstić information content (AvgIpc) is 3.39. The number of nitrogens with zero attached hydrogens (tertiary/aromatic N) is 4. The molecule has 10 heteroatoms. The van der Waals surface area contributed by atoms with Gasteiger partial charge in [-0.15, -0.1) is 16.4 Å². The molecule has 0 saturated carbocycles. The molecule has 2 heterocycles. The van der Waals surface area contributed by atoms with E-state index in [1.807, 2.05) is 68.4 Å². The van der Waals surface area contributed by atoms with E-state index in [0.29, 0.717) is 18.0 Å². The number of benzene rings is 2. The van der Waals surface area contributed by atoms with Gasteiger partial charge in [0.2, 0.25) is 0 Å². The van der Waals surface area contributed by atoms with Crippen LogP contribution in [0, 0.1) is 6.92 Å². The quantitative estimate of drug-likeness (QED) is 0.229. The molecule has 8 nitrogen and oxygen atoms in total. The topological polar surface area (TPSA) is 79.9 Å². The minimum absolute atomic E-state index is 0.212. The zero-order valence-corrected chi connectivity index (χ0v) is 21.4. The van der Waals surface area contributed by atoms with Crippen LogP contribution in [0.2, 0.25) is 4.34 Å². The Hall–Kier alpha value is -3.56. The Morgan fingerprint density at radius 1 is 1.14 bits per heavy atom. The number of hydrogen-bond donors (Lipinski definition) is 0. The summed E-state index contributed by atoms with van der Waals surface area (Å²) in [7, 11) is 3.06. The van der Waals surface area contributed by atoms with Crippen molar-refractivity contribution in [2.45, 2.75) is 27.1 Å². The molecule has 0 aliphatic heterocycles. The van der Waals surface area contributed by atoms with Gasteiger partial charge in [-0.3, -0.25) is 0 Å². The predicted octanol–water partition coefficient (Wildman–Crippen LogP) is 5.12. The molecule has 0 spiro atoms. The number of methoxy groups -OCH3 is 1. The largest absolute Gasteiger partial charge is 0.489 e. The lowest BCUT2D eigenvalue weighted by Gasteiger charge is -2.13. The van der Waals surface area contributed by atoms with E-state index in [2.05, 4.69) is 10.3 Å². The van der Waals surface area contributed by atoms with Gasteiger partial charge in [-0.25, -0.2) is 14.0 Å². The number of halogens is 1. The minimum Gasteiger partial charge on any atom is -0.489 e. The van der Waals surface area contributed by atoms with Crippen LogP contribution < -0.4 is 15.2 Å². The summed E-state index contributed by atoms with van der Waals surface area (Å²) in [4.78, 5) is 19.1. The van der Waals surface area contributed by atoms with Gasteiger partial charge >= 0.3 is 11.7 Å². The molecule has 4 aromatic rings. The fourth-order valence-electron chi connectivity index (χ4n) is 3.60. The molecule has 0 fully saturated rings. The molecular formula is C25H25ClN4O4S. The van der Waals surface area contributed by atoms with E-state index in [1.54, 1.807) is 7.05 Å². The molecule has 0 aliphatic carbocycles. The summed E-state index contributed by atoms with van der Waals surface area (Å²) in [5, 5.41) is 8.36. The molecular weight excluding hydrogens is 488 g/mol. The van der Waals surface area contributed by atoms with E-state index < -0.39 is 0 Å². The van der Waals surface area contributed by atoms with Crippen LogP contribution in [0.15, 0.2) is 64.5 Å². The van der Waals surface area contributed by atoms with Crippen LogP contribution in [0.5, 0.6) is 11.8 Å². The highest BCUT2D eigenvalue weighted by atomic mass is 35.5. The second-order valence-corrected chi connectivity index (χ2v) is 9.58. The maximum Gasteiger partial charge on any atom is 0.353 e. The van der Waals surface area contributed by atoms with Crippen molar-refractivity contribution in [1.82, 2.24) is 14.3 Å². The summed E-state index contributed by atoms with van der Waals surface area (Å²) in [5.74, 6) is 0.702. The van der Waals surface area contributed by atoms with Crippen LogP contribution in [-0.2, 0) is 25.1 Å². The second kappa shape index (κ2) is 10.8. The summed E-state index contributed by atoms with van der Waals surface area (Å²) in [6.07, 6.45) is 0. The van der Waals surface area contributed by atoms with E-state index >= 15 is 0 Å². The van der Waals surface area contributed by atoms with Crippen molar-refractivity contribution in [3.63, 3.8) is 0 Å². The maximum atomic E-state index is 12.6. The normalized spacial score (nSPS) is 11.5. The zero-order valence-electron chi connectivity index (χ0n) is 19.8. The Morgan fingerprint density at radius 3 is 2.66 bits per heavy atom. The van der Waals surface area contributed by atoms with Gasteiger partial charge in [-0.2, -0.15) is 0 Å². The van der Waals surface area contributed by atoms with E-state index in [-0.39, 0.29) is 18.3 Å². The second-order valence-electron chi connectivity index (χ2n) is 7.78. The van der Waals surface area contributed by atoms with Crippen LogP contribution in [-0.4, -0.2) is 27.2 Å². The van der Waals surface area contributed by atoms with Crippen molar-refractivity contribution < 1.29 is 14.3 Å². The van der Waals surface area contributed by atoms with Crippen molar-refractivity contribution >= 4 is 28.6 Å². The highest BCUT2D eigenvalue weighted by Gasteiger charge is 2.16. The van der Waals surface area contributed by atoms with Crippen molar-refractivity contribution in [1.29, 1.82) is 0 Å². The number of para-hydroxylation sites is 1. The molecule has 0 bridgehead atoms. The monoisotopic (exact) mass is 512 g/mol. The lowest BCUT2D eigenvalue weighted by Crippen LogP contribution is -2.22. The van der Waals surface area contributed by atoms with Gasteiger partial charge in [-0.1, -0.05) is 35.0 Å². The first-order valence-corrected chi connectivity index (χ1v) is 12.0. The number of thiophene rings is 1. The molecule has 2 aromatic heterocycles. The fourth-order valence-corrected chi connectivity index (χ4v) is 4.59. The first-order chi connectivity index (χ1) is 16.9. The molecule has 0 radical (unpaired) electrons. The van der Waals surface area contributed by atoms with Crippen molar-refractivity contribution in [2.75, 3.05) is 7.11 Å². The summed E-state index contributed by atoms with van der Waals surface area (Å²) in [5.41, 5.74) is 3.92. The van der Waals surface area contributed by atoms with E-state index in [9.17, 15) is 4.79 Å². The first-order valence-electron chi connectivity index (χ1n) is 10.8. The number of oxime groups is 1. The van der Waals surface area contributed by atoms with Gasteiger partial charge in [0.05, 0.1) is 22.8 Å². The summed E-state index contributed by atoms with van der Waals surface area (Å²) >= 11 is 7.42. The predicted molar refractivity (Wildman–Crippen MR) is 137 cm³/mol. The van der Waals surface area contributed by atoms with Crippen LogP contribution in [0.25, 0.3) is 5.69 Å². The number of rotatable bonds is 9. The van der Waals surface area contributed by atoms with Crippen molar-refractivity contribution in [2.24, 2.45) is 12.2 Å². The lowest BCUT2D eigenvalue weighted by atomic mass is 10.0. The van der Waals surface area contributed by atoms with Gasteiger partial charge in [0.15, 0.2) is 6.61 Å². The average molecular weight is 513 g/mol. The Kier molecular flexibility index (Phi) is 7.57. The fraction of sp³-hybridized carbons (Fsp3) is 0.240. The summed E-state index contributed by atoms with van der Waals surface area (Å²) in [6.45, 7) is 4.53. The highest BCUT2D eigenvalue weighted by molar-refractivity contribution is 7.16. The van der Waals surface area contributed by atoms with Gasteiger partial charge in [0.25, 0.3) is 0 Å². The zero-order chi connectivity index (χ0) is 24.9. The van der Waals surface area contributed by atoms with Crippen molar-refractivity contribution in [3.05, 3.63) is 91.0 Å². The third kappa shape index (κ3) is 5.58. The van der Waals surface area contributed by atoms with Gasteiger partial charge < -0.3 is 14.3 Å². The molecule has 4 rings (SSSR count). The molecule has 0 unspecified atom stereocenters. The van der Waals surface area contributed by atoms with Crippen molar-refractivity contribution in [3.8, 4) is 17.4 Å². The van der Waals surface area contributed by atoms with E-state index in [4.69, 9.17) is 25.9 Å². The lowest BCUT2D eigenvalue weighted by molar-refractivity contribution is 0.133. The molecule has 0 aliphatic rings. The Balaban J connectivity index is 1.47. The van der Waals surface area contributed by atoms with Gasteiger partial charge in [-0.05, 0) is 55.8 Å². The van der Waals surface area contributed by atoms with Crippen LogP contribution in [0.4, 0.5) is 0 Å². The van der Waals surface area contributed by atoms with E-state index in [0.717, 1.165) is 31.6 Å². The molecule has 2 aromatic carbocycles. The van der Waals surface area contributed by atoms with Crippen LogP contribution in [0.1, 0.15) is 28.5 Å². The Bertz CT molecular complexity index is 1420. The smallest absolute Gasteiger partial charge is 0.353 e. The number of aryl methyl sites for hydroxylation is 2.